The second-order valence-corrected chi connectivity index (χ2v) is 11.7. The molecule has 0 saturated carbocycles. The van der Waals surface area contributed by atoms with E-state index in [2.05, 4.69) is 15.7 Å². The molecule has 0 aliphatic heterocycles. The highest BCUT2D eigenvalue weighted by molar-refractivity contribution is 7.92. The number of methoxy groups -OCH3 is 1. The average Bonchev–Trinajstić information content (AvgIpc) is 3.24. The number of hydrogen-bond acceptors (Lipinski definition) is 6. The number of nitrogens with one attached hydrogen (secondary N) is 2. The predicted molar refractivity (Wildman–Crippen MR) is 153 cm³/mol. The van der Waals surface area contributed by atoms with Crippen LogP contribution in [0.4, 0.5) is 25.1 Å². The first-order chi connectivity index (χ1) is 19.8. The van der Waals surface area contributed by atoms with Gasteiger partial charge < -0.3 is 20.5 Å². The van der Waals surface area contributed by atoms with Crippen LogP contribution in [0.1, 0.15) is 11.1 Å². The topological polar surface area (TPSA) is 143 Å². The molecule has 0 aliphatic carbocycles. The summed E-state index contributed by atoms with van der Waals surface area (Å²) < 4.78 is 60.8. The molecule has 4 aromatic rings. The van der Waals surface area contributed by atoms with Crippen LogP contribution in [0.5, 0.6) is 5.75 Å². The molecule has 0 saturated heterocycles. The van der Waals surface area contributed by atoms with Crippen molar-refractivity contribution in [1.82, 2.24) is 15.1 Å². The SMILES string of the molecule is COc1ccc(CN(c2nn(C)c3c(NC(=O)C(Cc4cc(F)cc(F)c4)NC(=O)O)ccc(Cl)c23)S(C)(=O)=O)cc1. The Labute approximate surface area is 244 Å². The number of aromatic nitrogens is 2. The van der Waals surface area contributed by atoms with Crippen molar-refractivity contribution in [2.45, 2.75) is 19.0 Å². The van der Waals surface area contributed by atoms with Gasteiger partial charge in [-0.25, -0.2) is 26.3 Å². The van der Waals surface area contributed by atoms with Gasteiger partial charge in [-0.3, -0.25) is 9.48 Å². The molecule has 42 heavy (non-hydrogen) atoms. The average molecular weight is 622 g/mol. The van der Waals surface area contributed by atoms with Crippen molar-refractivity contribution in [3.05, 3.63) is 82.4 Å². The fraction of sp³-hybridized carbons (Fsp3) is 0.222. The Kier molecular flexibility index (Phi) is 8.87. The minimum absolute atomic E-state index is 0.00219. The standard InChI is InChI=1S/C27H26ClF2N5O6S/c1-34-24-21(31-26(36)22(32-27(37)38)12-16-10-17(29)13-18(30)11-16)9-8-20(28)23(24)25(33-34)35(42(3,39)40)14-15-4-6-19(41-2)7-5-15/h4-11,13,22,32H,12,14H2,1-3H3,(H,31,36)(H,37,38). The van der Waals surface area contributed by atoms with E-state index in [0.29, 0.717) is 17.4 Å². The van der Waals surface area contributed by atoms with E-state index in [0.717, 1.165) is 22.7 Å². The maximum atomic E-state index is 13.7. The van der Waals surface area contributed by atoms with Crippen LogP contribution in [0.15, 0.2) is 54.6 Å². The minimum atomic E-state index is -3.89. The van der Waals surface area contributed by atoms with Crippen molar-refractivity contribution in [3.8, 4) is 5.75 Å². The summed E-state index contributed by atoms with van der Waals surface area (Å²) >= 11 is 6.52. The molecule has 222 valence electrons. The van der Waals surface area contributed by atoms with E-state index in [1.54, 1.807) is 24.3 Å². The summed E-state index contributed by atoms with van der Waals surface area (Å²) in [6.07, 6.45) is -0.865. The first kappa shape index (κ1) is 30.5. The highest BCUT2D eigenvalue weighted by atomic mass is 35.5. The van der Waals surface area contributed by atoms with E-state index in [9.17, 15) is 31.9 Å². The number of benzene rings is 3. The van der Waals surface area contributed by atoms with Gasteiger partial charge in [-0.2, -0.15) is 5.10 Å². The lowest BCUT2D eigenvalue weighted by molar-refractivity contribution is -0.118. The van der Waals surface area contributed by atoms with Crippen molar-refractivity contribution in [1.29, 1.82) is 0 Å². The number of nitrogens with zero attached hydrogens (tertiary/aromatic N) is 3. The number of hydrogen-bond donors (Lipinski definition) is 3. The van der Waals surface area contributed by atoms with Gasteiger partial charge >= 0.3 is 6.09 Å². The maximum absolute atomic E-state index is 13.7. The van der Waals surface area contributed by atoms with Crippen molar-refractivity contribution in [2.75, 3.05) is 23.0 Å². The lowest BCUT2D eigenvalue weighted by atomic mass is 10.0. The van der Waals surface area contributed by atoms with Gasteiger partial charge in [0.05, 0.1) is 41.5 Å². The van der Waals surface area contributed by atoms with E-state index in [4.69, 9.17) is 16.3 Å². The first-order valence-corrected chi connectivity index (χ1v) is 14.5. The van der Waals surface area contributed by atoms with E-state index in [-0.39, 0.29) is 46.0 Å². The molecule has 3 aromatic carbocycles. The van der Waals surface area contributed by atoms with Crippen LogP contribution in [0.25, 0.3) is 10.9 Å². The number of sulfonamides is 1. The quantitative estimate of drug-likeness (QED) is 0.240. The summed E-state index contributed by atoms with van der Waals surface area (Å²) in [7, 11) is -0.854. The van der Waals surface area contributed by atoms with Crippen LogP contribution in [0.2, 0.25) is 5.02 Å². The second kappa shape index (κ2) is 12.2. The molecule has 1 atom stereocenters. The Bertz CT molecular complexity index is 1740. The molecule has 4 rings (SSSR count). The van der Waals surface area contributed by atoms with Crippen molar-refractivity contribution in [2.24, 2.45) is 7.05 Å². The van der Waals surface area contributed by atoms with Crippen LogP contribution >= 0.6 is 11.6 Å². The van der Waals surface area contributed by atoms with Gasteiger partial charge in [-0.05, 0) is 47.5 Å². The molecule has 1 heterocycles. The normalized spacial score (nSPS) is 12.1. The van der Waals surface area contributed by atoms with Gasteiger partial charge in [0.1, 0.15) is 23.4 Å². The molecule has 15 heteroatoms. The highest BCUT2D eigenvalue weighted by Crippen LogP contribution is 2.38. The third-order valence-electron chi connectivity index (χ3n) is 6.28. The Hall–Kier alpha value is -4.43. The molecule has 1 aromatic heterocycles. The monoisotopic (exact) mass is 621 g/mol. The number of ether oxygens (including phenoxy) is 1. The molecule has 2 amide bonds. The van der Waals surface area contributed by atoms with E-state index >= 15 is 0 Å². The number of carboxylic acid groups (broad SMARTS) is 1. The van der Waals surface area contributed by atoms with E-state index in [1.807, 2.05) is 0 Å². The fourth-order valence-corrected chi connectivity index (χ4v) is 5.48. The molecule has 0 fully saturated rings. The Morgan fingerprint density at radius 3 is 2.31 bits per heavy atom. The second-order valence-electron chi connectivity index (χ2n) is 9.36. The van der Waals surface area contributed by atoms with E-state index < -0.39 is 39.7 Å². The van der Waals surface area contributed by atoms with Gasteiger partial charge in [-0.1, -0.05) is 23.7 Å². The third-order valence-corrected chi connectivity index (χ3v) is 7.69. The molecule has 0 radical (unpaired) electrons. The first-order valence-electron chi connectivity index (χ1n) is 12.3. The van der Waals surface area contributed by atoms with Crippen LogP contribution < -0.4 is 19.7 Å². The zero-order chi connectivity index (χ0) is 30.8. The van der Waals surface area contributed by atoms with Crippen LogP contribution in [-0.4, -0.2) is 54.7 Å². The largest absolute Gasteiger partial charge is 0.497 e. The predicted octanol–water partition coefficient (Wildman–Crippen LogP) is 4.30. The maximum Gasteiger partial charge on any atom is 0.405 e. The van der Waals surface area contributed by atoms with Crippen molar-refractivity contribution < 1.29 is 36.6 Å². The number of amides is 2. The molecule has 0 bridgehead atoms. The number of halogens is 3. The Morgan fingerprint density at radius 2 is 1.74 bits per heavy atom. The van der Waals surface area contributed by atoms with Gasteiger partial charge in [0.2, 0.25) is 15.9 Å². The summed E-state index contributed by atoms with van der Waals surface area (Å²) in [6, 6.07) is 10.9. The molecule has 0 aliphatic rings. The van der Waals surface area contributed by atoms with Gasteiger partial charge in [0, 0.05) is 19.5 Å². The third kappa shape index (κ3) is 6.89. The van der Waals surface area contributed by atoms with Crippen LogP contribution in [-0.2, 0) is 34.8 Å². The minimum Gasteiger partial charge on any atom is -0.497 e. The smallest absolute Gasteiger partial charge is 0.405 e. The number of carbonyl (C=O) groups excluding carboxylic acids is 1. The molecule has 11 nitrogen and oxygen atoms in total. The Balaban J connectivity index is 1.72. The number of carbonyl (C=O) groups is 2. The van der Waals surface area contributed by atoms with Crippen molar-refractivity contribution in [3.63, 3.8) is 0 Å². The molecule has 3 N–H and O–H groups in total. The lowest BCUT2D eigenvalue weighted by Crippen LogP contribution is -2.44. The zero-order valence-electron chi connectivity index (χ0n) is 22.6. The molecular weight excluding hydrogens is 596 g/mol. The van der Waals surface area contributed by atoms with Gasteiger partial charge in [-0.15, -0.1) is 0 Å². The summed E-state index contributed by atoms with van der Waals surface area (Å²) in [4.78, 5) is 24.7. The lowest BCUT2D eigenvalue weighted by Gasteiger charge is -2.21. The number of anilines is 2. The van der Waals surface area contributed by atoms with Crippen molar-refractivity contribution >= 4 is 56.0 Å². The molecule has 1 unspecified atom stereocenters. The number of aryl methyl sites for hydroxylation is 1. The fourth-order valence-electron chi connectivity index (χ4n) is 4.42. The summed E-state index contributed by atoms with van der Waals surface area (Å²) in [6.45, 7) is -0.0866. The van der Waals surface area contributed by atoms with E-state index in [1.165, 1.54) is 31.0 Å². The van der Waals surface area contributed by atoms with Gasteiger partial charge in [0.15, 0.2) is 5.82 Å². The van der Waals surface area contributed by atoms with Crippen LogP contribution in [0.3, 0.4) is 0 Å². The van der Waals surface area contributed by atoms with Gasteiger partial charge in [0.25, 0.3) is 0 Å². The molecular formula is C27H26ClF2N5O6S. The summed E-state index contributed by atoms with van der Waals surface area (Å²) in [5, 5.41) is 18.7. The number of fused-ring (bicyclic) bond motifs is 1. The summed E-state index contributed by atoms with van der Waals surface area (Å²) in [5.74, 6) is -2.01. The Morgan fingerprint density at radius 1 is 1.10 bits per heavy atom. The molecule has 0 spiro atoms. The zero-order valence-corrected chi connectivity index (χ0v) is 24.1. The highest BCUT2D eigenvalue weighted by Gasteiger charge is 2.28. The van der Waals surface area contributed by atoms with Crippen LogP contribution in [0, 0.1) is 11.6 Å². The number of rotatable bonds is 10. The summed E-state index contributed by atoms with van der Waals surface area (Å²) in [5.41, 5.74) is 1.08.